The Morgan fingerprint density at radius 1 is 1.90 bits per heavy atom. The van der Waals surface area contributed by atoms with Crippen molar-refractivity contribution in [1.29, 1.82) is 0 Å². The SMILES string of the molecule is C=C1CCOC1CC(=O)O. The van der Waals surface area contributed by atoms with Gasteiger partial charge in [0.15, 0.2) is 0 Å². The first kappa shape index (κ1) is 7.28. The van der Waals surface area contributed by atoms with Crippen LogP contribution in [0.15, 0.2) is 12.2 Å². The van der Waals surface area contributed by atoms with Crippen LogP contribution in [0.2, 0.25) is 0 Å². The molecule has 1 unspecified atom stereocenters. The van der Waals surface area contributed by atoms with E-state index in [0.717, 1.165) is 12.0 Å². The highest BCUT2D eigenvalue weighted by atomic mass is 16.5. The van der Waals surface area contributed by atoms with Gasteiger partial charge in [-0.2, -0.15) is 0 Å². The highest BCUT2D eigenvalue weighted by molar-refractivity contribution is 5.68. The summed E-state index contributed by atoms with van der Waals surface area (Å²) in [6, 6.07) is 0. The lowest BCUT2D eigenvalue weighted by atomic mass is 10.1. The van der Waals surface area contributed by atoms with Gasteiger partial charge >= 0.3 is 5.97 Å². The van der Waals surface area contributed by atoms with E-state index in [9.17, 15) is 4.79 Å². The van der Waals surface area contributed by atoms with E-state index < -0.39 is 5.97 Å². The predicted octanol–water partition coefficient (Wildman–Crippen LogP) is 0.806. The van der Waals surface area contributed by atoms with Crippen LogP contribution in [0.5, 0.6) is 0 Å². The van der Waals surface area contributed by atoms with E-state index in [-0.39, 0.29) is 12.5 Å². The van der Waals surface area contributed by atoms with Crippen molar-refractivity contribution in [1.82, 2.24) is 0 Å². The number of hydrogen-bond donors (Lipinski definition) is 1. The number of carboxylic acids is 1. The van der Waals surface area contributed by atoms with E-state index in [1.807, 2.05) is 0 Å². The molecule has 1 heterocycles. The summed E-state index contributed by atoms with van der Waals surface area (Å²) in [7, 11) is 0. The third-order valence-electron chi connectivity index (χ3n) is 1.56. The van der Waals surface area contributed by atoms with E-state index in [4.69, 9.17) is 9.84 Å². The summed E-state index contributed by atoms with van der Waals surface area (Å²) < 4.78 is 5.10. The van der Waals surface area contributed by atoms with Crippen molar-refractivity contribution in [2.24, 2.45) is 0 Å². The van der Waals surface area contributed by atoms with Gasteiger partial charge in [-0.05, 0) is 12.0 Å². The molecule has 1 rings (SSSR count). The maximum Gasteiger partial charge on any atom is 0.306 e. The summed E-state index contributed by atoms with van der Waals surface area (Å²) in [6.45, 7) is 4.32. The molecule has 0 aromatic heterocycles. The van der Waals surface area contributed by atoms with Crippen LogP contribution in [-0.2, 0) is 9.53 Å². The molecule has 1 fully saturated rings. The molecule has 1 aliphatic rings. The average molecular weight is 142 g/mol. The number of hydrogen-bond acceptors (Lipinski definition) is 2. The Morgan fingerprint density at radius 3 is 3.00 bits per heavy atom. The minimum atomic E-state index is -0.826. The summed E-state index contributed by atoms with van der Waals surface area (Å²) >= 11 is 0. The molecular weight excluding hydrogens is 132 g/mol. The number of aliphatic carboxylic acids is 1. The van der Waals surface area contributed by atoms with Gasteiger partial charge < -0.3 is 9.84 Å². The molecule has 0 aliphatic carbocycles. The fourth-order valence-corrected chi connectivity index (χ4v) is 0.973. The Kier molecular flexibility index (Phi) is 2.06. The molecule has 0 bridgehead atoms. The molecule has 1 saturated heterocycles. The summed E-state index contributed by atoms with van der Waals surface area (Å²) in [5.74, 6) is -0.826. The Morgan fingerprint density at radius 2 is 2.60 bits per heavy atom. The monoisotopic (exact) mass is 142 g/mol. The van der Waals surface area contributed by atoms with Crippen molar-refractivity contribution in [3.05, 3.63) is 12.2 Å². The van der Waals surface area contributed by atoms with Crippen molar-refractivity contribution >= 4 is 5.97 Å². The zero-order chi connectivity index (χ0) is 7.56. The summed E-state index contributed by atoms with van der Waals surface area (Å²) in [6.07, 6.45) is 0.619. The average Bonchev–Trinajstić information content (AvgIpc) is 2.15. The molecule has 0 aromatic rings. The van der Waals surface area contributed by atoms with E-state index >= 15 is 0 Å². The molecule has 0 amide bonds. The van der Waals surface area contributed by atoms with Crippen molar-refractivity contribution in [3.63, 3.8) is 0 Å². The van der Waals surface area contributed by atoms with Crippen molar-refractivity contribution in [2.45, 2.75) is 18.9 Å². The van der Waals surface area contributed by atoms with Crippen LogP contribution in [0.4, 0.5) is 0 Å². The minimum Gasteiger partial charge on any atom is -0.481 e. The Hall–Kier alpha value is -0.830. The first-order valence-corrected chi connectivity index (χ1v) is 3.21. The van der Waals surface area contributed by atoms with E-state index in [1.165, 1.54) is 0 Å². The van der Waals surface area contributed by atoms with E-state index in [0.29, 0.717) is 6.61 Å². The van der Waals surface area contributed by atoms with Gasteiger partial charge in [0, 0.05) is 0 Å². The first-order chi connectivity index (χ1) is 4.70. The summed E-state index contributed by atoms with van der Waals surface area (Å²) in [4.78, 5) is 10.2. The molecular formula is C7H10O3. The molecule has 1 aliphatic heterocycles. The summed E-state index contributed by atoms with van der Waals surface area (Å²) in [5, 5.41) is 8.37. The Balaban J connectivity index is 2.40. The second-order valence-corrected chi connectivity index (χ2v) is 2.37. The maximum absolute atomic E-state index is 10.2. The van der Waals surface area contributed by atoms with Gasteiger partial charge in [-0.15, -0.1) is 0 Å². The normalized spacial score (nSPS) is 25.2. The number of carboxylic acid groups (broad SMARTS) is 1. The topological polar surface area (TPSA) is 46.5 Å². The molecule has 56 valence electrons. The molecule has 3 heteroatoms. The second-order valence-electron chi connectivity index (χ2n) is 2.37. The smallest absolute Gasteiger partial charge is 0.306 e. The zero-order valence-electron chi connectivity index (χ0n) is 5.67. The van der Waals surface area contributed by atoms with Gasteiger partial charge in [0.05, 0.1) is 19.1 Å². The molecule has 0 aromatic carbocycles. The van der Waals surface area contributed by atoms with Crippen LogP contribution in [0.25, 0.3) is 0 Å². The summed E-state index contributed by atoms with van der Waals surface area (Å²) in [5.41, 5.74) is 0.905. The molecule has 10 heavy (non-hydrogen) atoms. The molecule has 0 radical (unpaired) electrons. The van der Waals surface area contributed by atoms with Crippen molar-refractivity contribution in [3.8, 4) is 0 Å². The molecule has 0 spiro atoms. The Bertz CT molecular complexity index is 162. The fourth-order valence-electron chi connectivity index (χ4n) is 0.973. The van der Waals surface area contributed by atoms with Gasteiger partial charge in [-0.3, -0.25) is 4.79 Å². The lowest BCUT2D eigenvalue weighted by Crippen LogP contribution is -2.12. The van der Waals surface area contributed by atoms with Crippen LogP contribution in [-0.4, -0.2) is 23.8 Å². The molecule has 3 nitrogen and oxygen atoms in total. The predicted molar refractivity (Wildman–Crippen MR) is 35.7 cm³/mol. The third-order valence-corrected chi connectivity index (χ3v) is 1.56. The van der Waals surface area contributed by atoms with Crippen LogP contribution in [0.1, 0.15) is 12.8 Å². The first-order valence-electron chi connectivity index (χ1n) is 3.21. The second kappa shape index (κ2) is 2.84. The lowest BCUT2D eigenvalue weighted by molar-refractivity contribution is -0.139. The lowest BCUT2D eigenvalue weighted by Gasteiger charge is -2.05. The van der Waals surface area contributed by atoms with Gasteiger partial charge in [0.1, 0.15) is 0 Å². The highest BCUT2D eigenvalue weighted by Gasteiger charge is 2.21. The van der Waals surface area contributed by atoms with Crippen LogP contribution >= 0.6 is 0 Å². The quantitative estimate of drug-likeness (QED) is 0.580. The molecule has 1 N–H and O–H groups in total. The van der Waals surface area contributed by atoms with Crippen molar-refractivity contribution in [2.75, 3.05) is 6.61 Å². The van der Waals surface area contributed by atoms with Crippen LogP contribution in [0, 0.1) is 0 Å². The third kappa shape index (κ3) is 1.57. The van der Waals surface area contributed by atoms with Gasteiger partial charge in [0.2, 0.25) is 0 Å². The Labute approximate surface area is 59.3 Å². The van der Waals surface area contributed by atoms with Crippen molar-refractivity contribution < 1.29 is 14.6 Å². The maximum atomic E-state index is 10.2. The zero-order valence-corrected chi connectivity index (χ0v) is 5.67. The van der Waals surface area contributed by atoms with E-state index in [2.05, 4.69) is 6.58 Å². The highest BCUT2D eigenvalue weighted by Crippen LogP contribution is 2.20. The molecule has 1 atom stereocenters. The number of rotatable bonds is 2. The standard InChI is InChI=1S/C7H10O3/c1-5-2-3-10-6(5)4-7(8)9/h6H,1-4H2,(H,8,9). The van der Waals surface area contributed by atoms with Crippen LogP contribution in [0.3, 0.4) is 0 Å². The van der Waals surface area contributed by atoms with Gasteiger partial charge in [-0.25, -0.2) is 0 Å². The van der Waals surface area contributed by atoms with E-state index in [1.54, 1.807) is 0 Å². The minimum absolute atomic E-state index is 0.0544. The fraction of sp³-hybridized carbons (Fsp3) is 0.571. The largest absolute Gasteiger partial charge is 0.481 e. The number of carbonyl (C=O) groups is 1. The van der Waals surface area contributed by atoms with Gasteiger partial charge in [0.25, 0.3) is 0 Å². The molecule has 0 saturated carbocycles. The van der Waals surface area contributed by atoms with Crippen LogP contribution < -0.4 is 0 Å². The number of ether oxygens (including phenoxy) is 1. The van der Waals surface area contributed by atoms with Gasteiger partial charge in [-0.1, -0.05) is 6.58 Å².